The average molecular weight is 389 g/mol. The van der Waals surface area contributed by atoms with E-state index in [4.69, 9.17) is 17.3 Å². The lowest BCUT2D eigenvalue weighted by Gasteiger charge is -2.07. The lowest BCUT2D eigenvalue weighted by Crippen LogP contribution is -2.34. The van der Waals surface area contributed by atoms with Crippen LogP contribution in [-0.4, -0.2) is 36.4 Å². The predicted molar refractivity (Wildman–Crippen MR) is 98.2 cm³/mol. The fraction of sp³-hybridized carbons (Fsp3) is 0.267. The van der Waals surface area contributed by atoms with Crippen molar-refractivity contribution in [1.82, 2.24) is 15.6 Å². The Bertz CT molecular complexity index is 694. The first kappa shape index (κ1) is 20.4. The number of benzene rings is 1. The van der Waals surface area contributed by atoms with E-state index in [-0.39, 0.29) is 24.2 Å². The molecule has 6 nitrogen and oxygen atoms in total. The van der Waals surface area contributed by atoms with Gasteiger partial charge in [-0.15, -0.1) is 23.7 Å². The van der Waals surface area contributed by atoms with E-state index in [1.807, 2.05) is 0 Å². The molecule has 0 saturated heterocycles. The van der Waals surface area contributed by atoms with E-state index in [0.29, 0.717) is 42.3 Å². The van der Waals surface area contributed by atoms with Gasteiger partial charge >= 0.3 is 0 Å². The molecule has 1 heterocycles. The number of nitrogens with zero attached hydrogens (tertiary/aromatic N) is 1. The van der Waals surface area contributed by atoms with Gasteiger partial charge in [-0.05, 0) is 18.7 Å². The molecule has 2 amide bonds. The first-order chi connectivity index (χ1) is 11.1. The van der Waals surface area contributed by atoms with E-state index >= 15 is 0 Å². The molecule has 0 spiro atoms. The Morgan fingerprint density at radius 2 is 1.83 bits per heavy atom. The lowest BCUT2D eigenvalue weighted by atomic mass is 10.2. The normalized spacial score (nSPS) is 9.92. The molecular weight excluding hydrogens is 371 g/mol. The zero-order valence-corrected chi connectivity index (χ0v) is 15.1. The topological polar surface area (TPSA) is 97.1 Å². The highest BCUT2D eigenvalue weighted by atomic mass is 35.5. The first-order valence-electron chi connectivity index (χ1n) is 7.07. The maximum atomic E-state index is 11.9. The lowest BCUT2D eigenvalue weighted by molar-refractivity contribution is 0.0925. The summed E-state index contributed by atoms with van der Waals surface area (Å²) in [5.74, 6) is -0.541. The van der Waals surface area contributed by atoms with E-state index < -0.39 is 0 Å². The van der Waals surface area contributed by atoms with Gasteiger partial charge in [-0.2, -0.15) is 0 Å². The summed E-state index contributed by atoms with van der Waals surface area (Å²) in [6, 6.07) is 6.79. The number of carbonyl (C=O) groups excluding carboxylic acids is 2. The Hall–Kier alpha value is -1.67. The van der Waals surface area contributed by atoms with Crippen molar-refractivity contribution in [1.29, 1.82) is 0 Å². The van der Waals surface area contributed by atoms with Crippen LogP contribution in [0.4, 0.5) is 0 Å². The van der Waals surface area contributed by atoms with Crippen LogP contribution in [0.2, 0.25) is 5.02 Å². The number of halogens is 2. The number of amides is 2. The van der Waals surface area contributed by atoms with Gasteiger partial charge in [0.1, 0.15) is 5.69 Å². The highest BCUT2D eigenvalue weighted by molar-refractivity contribution is 7.09. The summed E-state index contributed by atoms with van der Waals surface area (Å²) in [6.07, 6.45) is 0.659. The minimum absolute atomic E-state index is 0. The van der Waals surface area contributed by atoms with E-state index in [9.17, 15) is 9.59 Å². The third kappa shape index (κ3) is 5.76. The predicted octanol–water partition coefficient (Wildman–Crippen LogP) is 1.88. The fourth-order valence-electron chi connectivity index (χ4n) is 1.84. The molecule has 2 rings (SSSR count). The number of hydrogen-bond donors (Lipinski definition) is 3. The van der Waals surface area contributed by atoms with Crippen molar-refractivity contribution in [3.8, 4) is 0 Å². The first-order valence-corrected chi connectivity index (χ1v) is 8.33. The zero-order chi connectivity index (χ0) is 16.7. The second-order valence-electron chi connectivity index (χ2n) is 4.66. The van der Waals surface area contributed by atoms with E-state index in [1.165, 1.54) is 11.3 Å². The van der Waals surface area contributed by atoms with Crippen molar-refractivity contribution in [2.24, 2.45) is 5.73 Å². The number of nitrogens with one attached hydrogen (secondary N) is 2. The molecule has 0 aliphatic rings. The zero-order valence-electron chi connectivity index (χ0n) is 12.8. The Morgan fingerprint density at radius 1 is 1.17 bits per heavy atom. The molecule has 0 aliphatic carbocycles. The Balaban J connectivity index is 0.00000288. The van der Waals surface area contributed by atoms with E-state index in [1.54, 1.807) is 29.6 Å². The molecular formula is C15H18Cl2N4O2S. The van der Waals surface area contributed by atoms with Gasteiger partial charge in [-0.3, -0.25) is 9.59 Å². The van der Waals surface area contributed by atoms with Crippen molar-refractivity contribution < 1.29 is 9.59 Å². The third-order valence-electron chi connectivity index (χ3n) is 2.96. The van der Waals surface area contributed by atoms with Crippen LogP contribution < -0.4 is 16.4 Å². The van der Waals surface area contributed by atoms with Gasteiger partial charge in [0.05, 0.1) is 15.6 Å². The fourth-order valence-corrected chi connectivity index (χ4v) is 2.85. The van der Waals surface area contributed by atoms with E-state index in [2.05, 4.69) is 15.6 Å². The van der Waals surface area contributed by atoms with Crippen LogP contribution >= 0.6 is 35.3 Å². The second kappa shape index (κ2) is 10.2. The number of carbonyl (C=O) groups is 2. The van der Waals surface area contributed by atoms with Crippen LogP contribution in [0.3, 0.4) is 0 Å². The van der Waals surface area contributed by atoms with Gasteiger partial charge < -0.3 is 16.4 Å². The Morgan fingerprint density at radius 3 is 2.50 bits per heavy atom. The molecule has 0 unspecified atom stereocenters. The monoisotopic (exact) mass is 388 g/mol. The summed E-state index contributed by atoms with van der Waals surface area (Å²) in [5.41, 5.74) is 6.23. The smallest absolute Gasteiger partial charge is 0.270 e. The molecule has 2 aromatic rings. The highest BCUT2D eigenvalue weighted by Gasteiger charge is 2.11. The third-order valence-corrected chi connectivity index (χ3v) is 4.20. The van der Waals surface area contributed by atoms with Crippen molar-refractivity contribution in [3.63, 3.8) is 0 Å². The molecule has 1 aromatic carbocycles. The largest absolute Gasteiger partial charge is 0.350 e. The molecule has 0 aliphatic heterocycles. The number of nitrogens with two attached hydrogens (primary N) is 1. The minimum Gasteiger partial charge on any atom is -0.350 e. The molecule has 4 N–H and O–H groups in total. The van der Waals surface area contributed by atoms with Crippen molar-refractivity contribution in [3.05, 3.63) is 50.9 Å². The molecule has 0 bridgehead atoms. The number of thiazole rings is 1. The molecule has 0 fully saturated rings. The molecule has 0 atom stereocenters. The number of rotatable bonds is 7. The summed E-state index contributed by atoms with van der Waals surface area (Å²) in [4.78, 5) is 28.0. The summed E-state index contributed by atoms with van der Waals surface area (Å²) >= 11 is 7.35. The highest BCUT2D eigenvalue weighted by Crippen LogP contribution is 2.14. The van der Waals surface area contributed by atoms with Crippen molar-refractivity contribution in [2.75, 3.05) is 19.6 Å². The summed E-state index contributed by atoms with van der Waals surface area (Å²) in [5, 5.41) is 8.33. The van der Waals surface area contributed by atoms with Crippen LogP contribution in [0.1, 0.15) is 25.9 Å². The van der Waals surface area contributed by atoms with Crippen LogP contribution in [0.5, 0.6) is 0 Å². The molecule has 130 valence electrons. The molecule has 1 aromatic heterocycles. The van der Waals surface area contributed by atoms with Crippen molar-refractivity contribution in [2.45, 2.75) is 6.42 Å². The molecule has 0 radical (unpaired) electrons. The summed E-state index contributed by atoms with van der Waals surface area (Å²) < 4.78 is 0. The average Bonchev–Trinajstić information content (AvgIpc) is 3.01. The van der Waals surface area contributed by atoms with Gasteiger partial charge in [0.15, 0.2) is 0 Å². The Labute approximate surface area is 155 Å². The van der Waals surface area contributed by atoms with Gasteiger partial charge in [-0.25, -0.2) is 4.98 Å². The van der Waals surface area contributed by atoms with Gasteiger partial charge in [0, 0.05) is 24.9 Å². The number of aromatic nitrogens is 1. The SMILES string of the molecule is Cl.NCCc1nc(C(=O)NCCNC(=O)c2ccccc2Cl)cs1. The maximum absolute atomic E-state index is 11.9. The molecule has 0 saturated carbocycles. The van der Waals surface area contributed by atoms with Gasteiger partial charge in [0.25, 0.3) is 11.8 Å². The minimum atomic E-state index is -0.274. The second-order valence-corrected chi connectivity index (χ2v) is 6.01. The molecule has 9 heteroatoms. The maximum Gasteiger partial charge on any atom is 0.270 e. The van der Waals surface area contributed by atoms with Crippen LogP contribution in [0, 0.1) is 0 Å². The van der Waals surface area contributed by atoms with Crippen LogP contribution in [0.25, 0.3) is 0 Å². The number of hydrogen-bond acceptors (Lipinski definition) is 5. The summed E-state index contributed by atoms with van der Waals surface area (Å²) in [7, 11) is 0. The molecule has 24 heavy (non-hydrogen) atoms. The van der Waals surface area contributed by atoms with Crippen LogP contribution in [-0.2, 0) is 6.42 Å². The summed E-state index contributed by atoms with van der Waals surface area (Å²) in [6.45, 7) is 1.11. The quantitative estimate of drug-likeness (QED) is 0.630. The standard InChI is InChI=1S/C15H17ClN4O2S.ClH/c16-11-4-2-1-3-10(11)14(21)18-7-8-19-15(22)12-9-23-13(20-12)5-6-17;/h1-4,9H,5-8,17H2,(H,18,21)(H,19,22);1H. The van der Waals surface area contributed by atoms with Crippen molar-refractivity contribution >= 4 is 47.2 Å². The van der Waals surface area contributed by atoms with Crippen LogP contribution in [0.15, 0.2) is 29.6 Å². The van der Waals surface area contributed by atoms with E-state index in [0.717, 1.165) is 5.01 Å². The Kier molecular flexibility index (Phi) is 8.70. The van der Waals surface area contributed by atoms with Gasteiger partial charge in [0.2, 0.25) is 0 Å². The van der Waals surface area contributed by atoms with Gasteiger partial charge in [-0.1, -0.05) is 23.7 Å².